The Bertz CT molecular complexity index is 1360. The van der Waals surface area contributed by atoms with Gasteiger partial charge in [-0.3, -0.25) is 9.59 Å². The van der Waals surface area contributed by atoms with Crippen molar-refractivity contribution in [1.29, 1.82) is 0 Å². The number of allylic oxidation sites excluding steroid dienone is 16. The van der Waals surface area contributed by atoms with Crippen LogP contribution in [-0.2, 0) is 23.8 Å². The fraction of sp³-hybridized carbons (Fsp3) is 0.731. The van der Waals surface area contributed by atoms with Crippen LogP contribution in [0.2, 0.25) is 0 Å². The molecule has 1 unspecified atom stereocenters. The van der Waals surface area contributed by atoms with Crippen molar-refractivity contribution in [1.82, 2.24) is 0 Å². The van der Waals surface area contributed by atoms with Gasteiger partial charge >= 0.3 is 11.9 Å². The summed E-state index contributed by atoms with van der Waals surface area (Å²) in [7, 11) is 0. The van der Waals surface area contributed by atoms with E-state index in [9.17, 15) is 9.59 Å². The van der Waals surface area contributed by atoms with Crippen molar-refractivity contribution in [3.05, 3.63) is 97.2 Å². The van der Waals surface area contributed by atoms with Crippen LogP contribution in [0.15, 0.2) is 97.2 Å². The quantitative estimate of drug-likeness (QED) is 0.0345. The summed E-state index contributed by atoms with van der Waals surface area (Å²) >= 11 is 0. The average molecular weight is 1000 g/mol. The van der Waals surface area contributed by atoms with Gasteiger partial charge in [0.25, 0.3) is 0 Å². The molecule has 1 atom stereocenters. The number of hydrogen-bond acceptors (Lipinski definition) is 5. The molecule has 0 aromatic carbocycles. The highest BCUT2D eigenvalue weighted by Gasteiger charge is 2.17. The highest BCUT2D eigenvalue weighted by molar-refractivity contribution is 5.70. The third-order valence-corrected chi connectivity index (χ3v) is 13.1. The summed E-state index contributed by atoms with van der Waals surface area (Å²) < 4.78 is 17.5. The van der Waals surface area contributed by atoms with Crippen LogP contribution in [-0.4, -0.2) is 37.9 Å². The molecule has 0 rings (SSSR count). The molecule has 5 nitrogen and oxygen atoms in total. The van der Waals surface area contributed by atoms with Gasteiger partial charge in [-0.25, -0.2) is 0 Å². The average Bonchev–Trinajstić information content (AvgIpc) is 3.38. The Kier molecular flexibility index (Phi) is 59.4. The second kappa shape index (κ2) is 62.1. The molecule has 0 radical (unpaired) electrons. The van der Waals surface area contributed by atoms with E-state index in [-0.39, 0.29) is 25.2 Å². The van der Waals surface area contributed by atoms with Gasteiger partial charge in [0.15, 0.2) is 6.10 Å². The third-order valence-electron chi connectivity index (χ3n) is 13.1. The molecule has 0 amide bonds. The lowest BCUT2D eigenvalue weighted by Gasteiger charge is -2.18. The molecule has 0 fully saturated rings. The zero-order valence-electron chi connectivity index (χ0n) is 47.7. The zero-order valence-corrected chi connectivity index (χ0v) is 47.7. The number of carbonyl (C=O) groups is 2. The van der Waals surface area contributed by atoms with Crippen LogP contribution in [0.5, 0.6) is 0 Å². The lowest BCUT2D eigenvalue weighted by Crippen LogP contribution is -2.30. The molecular formula is C67H116O5. The summed E-state index contributed by atoms with van der Waals surface area (Å²) in [6.45, 7) is 7.65. The first-order valence-electron chi connectivity index (χ1n) is 30.8. The van der Waals surface area contributed by atoms with E-state index < -0.39 is 6.10 Å². The normalized spacial score (nSPS) is 12.9. The molecule has 0 saturated carbocycles. The Morgan fingerprint density at radius 3 is 1.03 bits per heavy atom. The summed E-state index contributed by atoms with van der Waals surface area (Å²) in [5, 5.41) is 0. The molecule has 0 bridgehead atoms. The third kappa shape index (κ3) is 59.4. The number of ether oxygens (including phenoxy) is 3. The maximum atomic E-state index is 12.9. The SMILES string of the molecule is CC/C=C\C/C=C\C/C=C\C/C=C\C/C=C\CCCCCCOCC(COC(=O)CCCCCCCC/C=C\C/C=C\C/C=C\CCCCC)OC(=O)CCCCCCCCCCCCCCCCCCC. The van der Waals surface area contributed by atoms with Crippen molar-refractivity contribution in [2.45, 2.75) is 297 Å². The van der Waals surface area contributed by atoms with Gasteiger partial charge < -0.3 is 14.2 Å². The van der Waals surface area contributed by atoms with E-state index in [1.165, 1.54) is 154 Å². The van der Waals surface area contributed by atoms with Gasteiger partial charge in [-0.1, -0.05) is 272 Å². The molecule has 0 saturated heterocycles. The first-order chi connectivity index (χ1) is 35.6. The summed E-state index contributed by atoms with van der Waals surface area (Å²) in [6.07, 6.45) is 84.3. The Balaban J connectivity index is 4.36. The van der Waals surface area contributed by atoms with Gasteiger partial charge in [-0.15, -0.1) is 0 Å². The highest BCUT2D eigenvalue weighted by Crippen LogP contribution is 2.16. The molecular weight excluding hydrogens is 885 g/mol. The minimum atomic E-state index is -0.560. The summed E-state index contributed by atoms with van der Waals surface area (Å²) in [5.41, 5.74) is 0. The molecule has 0 aliphatic carbocycles. The number of esters is 2. The van der Waals surface area contributed by atoms with E-state index in [1.54, 1.807) is 0 Å². The lowest BCUT2D eigenvalue weighted by atomic mass is 10.0. The molecule has 0 aromatic rings. The Morgan fingerprint density at radius 1 is 0.319 bits per heavy atom. The predicted molar refractivity (Wildman–Crippen MR) is 316 cm³/mol. The molecule has 0 heterocycles. The van der Waals surface area contributed by atoms with Gasteiger partial charge in [0.1, 0.15) is 6.61 Å². The number of rotatable bonds is 56. The van der Waals surface area contributed by atoms with Crippen LogP contribution in [0.3, 0.4) is 0 Å². The van der Waals surface area contributed by atoms with Crippen molar-refractivity contribution in [2.75, 3.05) is 19.8 Å². The number of carbonyl (C=O) groups excluding carboxylic acids is 2. The van der Waals surface area contributed by atoms with E-state index in [0.717, 1.165) is 103 Å². The molecule has 414 valence electrons. The second-order valence-electron chi connectivity index (χ2n) is 20.2. The zero-order chi connectivity index (χ0) is 52.0. The predicted octanol–water partition coefficient (Wildman–Crippen LogP) is 21.4. The first-order valence-corrected chi connectivity index (χ1v) is 30.8. The minimum absolute atomic E-state index is 0.0658. The molecule has 0 aliphatic rings. The van der Waals surface area contributed by atoms with Crippen molar-refractivity contribution < 1.29 is 23.8 Å². The Hall–Kier alpha value is -3.18. The fourth-order valence-electron chi connectivity index (χ4n) is 8.55. The van der Waals surface area contributed by atoms with Crippen molar-refractivity contribution >= 4 is 11.9 Å². The lowest BCUT2D eigenvalue weighted by molar-refractivity contribution is -0.163. The molecule has 5 heteroatoms. The largest absolute Gasteiger partial charge is 0.462 e. The molecule has 0 aliphatic heterocycles. The monoisotopic (exact) mass is 1000 g/mol. The van der Waals surface area contributed by atoms with Gasteiger partial charge in [0.05, 0.1) is 6.61 Å². The maximum Gasteiger partial charge on any atom is 0.306 e. The van der Waals surface area contributed by atoms with Crippen molar-refractivity contribution in [3.63, 3.8) is 0 Å². The standard InChI is InChI=1S/C67H116O5/c1-4-7-10-13-16-19-22-25-28-31-33-35-38-41-44-47-50-53-56-59-62-70-63-65(72-67(69)61-58-55-52-49-46-43-40-36-30-27-24-21-18-15-12-9-6-3)64-71-66(68)60-57-54-51-48-45-42-39-37-34-32-29-26-23-20-17-14-11-8-5-2/h7,10,16-17,19-20,25-26,28-29,33-35,37,41,44,65H,4-6,8-9,11-15,18,21-24,27,30-32,36,38-40,42-43,45-64H2,1-3H3/b10-7-,19-16-,20-17-,28-25-,29-26-,35-33-,37-34-,44-41-. The van der Waals surface area contributed by atoms with Gasteiger partial charge in [-0.05, 0) is 103 Å². The number of unbranched alkanes of at least 4 members (excludes halogenated alkanes) is 29. The van der Waals surface area contributed by atoms with Crippen LogP contribution in [0, 0.1) is 0 Å². The van der Waals surface area contributed by atoms with Gasteiger partial charge in [-0.2, -0.15) is 0 Å². The van der Waals surface area contributed by atoms with Crippen molar-refractivity contribution in [3.8, 4) is 0 Å². The molecule has 72 heavy (non-hydrogen) atoms. The molecule has 0 spiro atoms. The number of hydrogen-bond donors (Lipinski definition) is 0. The maximum absolute atomic E-state index is 12.9. The second-order valence-corrected chi connectivity index (χ2v) is 20.2. The summed E-state index contributed by atoms with van der Waals surface area (Å²) in [5.74, 6) is -0.418. The molecule has 0 N–H and O–H groups in total. The van der Waals surface area contributed by atoms with Crippen LogP contribution in [0.25, 0.3) is 0 Å². The van der Waals surface area contributed by atoms with E-state index in [1.807, 2.05) is 0 Å². The van der Waals surface area contributed by atoms with Crippen LogP contribution < -0.4 is 0 Å². The molecule has 0 aromatic heterocycles. The Labute approximate surface area is 447 Å². The smallest absolute Gasteiger partial charge is 0.306 e. The van der Waals surface area contributed by atoms with Crippen LogP contribution in [0.1, 0.15) is 290 Å². The Morgan fingerprint density at radius 2 is 0.625 bits per heavy atom. The van der Waals surface area contributed by atoms with E-state index in [4.69, 9.17) is 14.2 Å². The minimum Gasteiger partial charge on any atom is -0.462 e. The van der Waals surface area contributed by atoms with Crippen molar-refractivity contribution in [2.24, 2.45) is 0 Å². The van der Waals surface area contributed by atoms with Crippen LogP contribution in [0.4, 0.5) is 0 Å². The van der Waals surface area contributed by atoms with E-state index >= 15 is 0 Å². The topological polar surface area (TPSA) is 61.8 Å². The van der Waals surface area contributed by atoms with Crippen LogP contribution >= 0.6 is 0 Å². The van der Waals surface area contributed by atoms with E-state index in [0.29, 0.717) is 19.4 Å². The first kappa shape index (κ1) is 68.8. The fourth-order valence-corrected chi connectivity index (χ4v) is 8.55. The van der Waals surface area contributed by atoms with E-state index in [2.05, 4.69) is 118 Å². The van der Waals surface area contributed by atoms with Gasteiger partial charge in [0, 0.05) is 19.4 Å². The summed E-state index contributed by atoms with van der Waals surface area (Å²) in [6, 6.07) is 0. The summed E-state index contributed by atoms with van der Waals surface area (Å²) in [4.78, 5) is 25.6. The van der Waals surface area contributed by atoms with Gasteiger partial charge in [0.2, 0.25) is 0 Å². The highest BCUT2D eigenvalue weighted by atomic mass is 16.6.